The first kappa shape index (κ1) is 11.5. The van der Waals surface area contributed by atoms with Crippen molar-refractivity contribution in [3.8, 4) is 5.75 Å². The van der Waals surface area contributed by atoms with E-state index in [0.29, 0.717) is 18.6 Å². The molecule has 1 fully saturated rings. The Morgan fingerprint density at radius 1 is 1.44 bits per heavy atom. The molecule has 1 aliphatic heterocycles. The second-order valence-electron chi connectivity index (χ2n) is 4.67. The highest BCUT2D eigenvalue weighted by Crippen LogP contribution is 2.21. The third-order valence-electron chi connectivity index (χ3n) is 2.98. The summed E-state index contributed by atoms with van der Waals surface area (Å²) in [6.45, 7) is 5.96. The van der Waals surface area contributed by atoms with Gasteiger partial charge in [0.2, 0.25) is 0 Å². The fourth-order valence-corrected chi connectivity index (χ4v) is 1.93. The molecule has 0 aromatic heterocycles. The van der Waals surface area contributed by atoms with Crippen LogP contribution in [0.1, 0.15) is 38.2 Å². The van der Waals surface area contributed by atoms with Crippen LogP contribution in [0.2, 0.25) is 0 Å². The zero-order chi connectivity index (χ0) is 11.4. The van der Waals surface area contributed by atoms with Gasteiger partial charge >= 0.3 is 0 Å². The van der Waals surface area contributed by atoms with Crippen molar-refractivity contribution in [3.63, 3.8) is 0 Å². The highest BCUT2D eigenvalue weighted by Gasteiger charge is 2.15. The van der Waals surface area contributed by atoms with E-state index in [1.807, 2.05) is 6.07 Å². The van der Waals surface area contributed by atoms with Gasteiger partial charge in [-0.15, -0.1) is 0 Å². The number of rotatable bonds is 4. The van der Waals surface area contributed by atoms with Crippen molar-refractivity contribution in [1.82, 2.24) is 0 Å². The molecule has 88 valence electrons. The van der Waals surface area contributed by atoms with Gasteiger partial charge in [0.15, 0.2) is 0 Å². The summed E-state index contributed by atoms with van der Waals surface area (Å²) < 4.78 is 11.3. The van der Waals surface area contributed by atoms with Crippen LogP contribution in [0.5, 0.6) is 5.75 Å². The average molecular weight is 220 g/mol. The van der Waals surface area contributed by atoms with Crippen LogP contribution in [0, 0.1) is 0 Å². The molecule has 1 aromatic rings. The van der Waals surface area contributed by atoms with E-state index in [2.05, 4.69) is 32.0 Å². The van der Waals surface area contributed by atoms with Gasteiger partial charge in [-0.2, -0.15) is 0 Å². The van der Waals surface area contributed by atoms with Gasteiger partial charge in [-0.1, -0.05) is 26.0 Å². The monoisotopic (exact) mass is 220 g/mol. The van der Waals surface area contributed by atoms with E-state index in [1.54, 1.807) is 0 Å². The fourth-order valence-electron chi connectivity index (χ4n) is 1.93. The van der Waals surface area contributed by atoms with Crippen molar-refractivity contribution >= 4 is 0 Å². The second kappa shape index (κ2) is 5.35. The average Bonchev–Trinajstić information content (AvgIpc) is 2.79. The summed E-state index contributed by atoms with van der Waals surface area (Å²) in [5.74, 6) is 1.51. The molecule has 0 radical (unpaired) electrons. The van der Waals surface area contributed by atoms with Crippen molar-refractivity contribution in [2.24, 2.45) is 0 Å². The third kappa shape index (κ3) is 2.99. The van der Waals surface area contributed by atoms with Crippen LogP contribution in [0.3, 0.4) is 0 Å². The van der Waals surface area contributed by atoms with Gasteiger partial charge in [0.05, 0.1) is 6.10 Å². The molecule has 0 bridgehead atoms. The van der Waals surface area contributed by atoms with Gasteiger partial charge in [0.25, 0.3) is 0 Å². The lowest BCUT2D eigenvalue weighted by molar-refractivity contribution is 0.0679. The molecule has 1 saturated heterocycles. The zero-order valence-electron chi connectivity index (χ0n) is 10.1. The fraction of sp³-hybridized carbons (Fsp3) is 0.571. The van der Waals surface area contributed by atoms with E-state index >= 15 is 0 Å². The lowest BCUT2D eigenvalue weighted by Gasteiger charge is -2.13. The van der Waals surface area contributed by atoms with Gasteiger partial charge in [-0.05, 0) is 36.5 Å². The molecule has 1 unspecified atom stereocenters. The molecule has 1 aromatic carbocycles. The van der Waals surface area contributed by atoms with Crippen molar-refractivity contribution < 1.29 is 9.47 Å². The molecule has 16 heavy (non-hydrogen) atoms. The summed E-state index contributed by atoms with van der Waals surface area (Å²) in [6.07, 6.45) is 2.59. The Balaban J connectivity index is 1.90. The molecule has 1 heterocycles. The minimum absolute atomic E-state index is 0.294. The van der Waals surface area contributed by atoms with Crippen LogP contribution < -0.4 is 4.74 Å². The molecule has 1 atom stereocenters. The van der Waals surface area contributed by atoms with Crippen LogP contribution in [-0.2, 0) is 4.74 Å². The van der Waals surface area contributed by atoms with Gasteiger partial charge in [-0.3, -0.25) is 0 Å². The minimum Gasteiger partial charge on any atom is -0.491 e. The molecular formula is C14H20O2. The predicted octanol–water partition coefficient (Wildman–Crippen LogP) is 3.37. The maximum Gasteiger partial charge on any atom is 0.119 e. The number of ether oxygens (including phenoxy) is 2. The van der Waals surface area contributed by atoms with E-state index in [1.165, 1.54) is 12.0 Å². The predicted molar refractivity (Wildman–Crippen MR) is 65.0 cm³/mol. The summed E-state index contributed by atoms with van der Waals surface area (Å²) in [7, 11) is 0. The molecule has 0 N–H and O–H groups in total. The van der Waals surface area contributed by atoms with Crippen LogP contribution in [0.25, 0.3) is 0 Å². The SMILES string of the molecule is CC(C)c1cccc(OCC2CCCO2)c1. The van der Waals surface area contributed by atoms with Gasteiger partial charge in [-0.25, -0.2) is 0 Å². The van der Waals surface area contributed by atoms with E-state index in [4.69, 9.17) is 9.47 Å². The minimum atomic E-state index is 0.294. The largest absolute Gasteiger partial charge is 0.491 e. The molecule has 2 heteroatoms. The summed E-state index contributed by atoms with van der Waals surface area (Å²) in [5, 5.41) is 0. The van der Waals surface area contributed by atoms with Crippen LogP contribution in [0.4, 0.5) is 0 Å². The molecule has 2 rings (SSSR count). The summed E-state index contributed by atoms with van der Waals surface area (Å²) >= 11 is 0. The summed E-state index contributed by atoms with van der Waals surface area (Å²) in [4.78, 5) is 0. The standard InChI is InChI=1S/C14H20O2/c1-11(2)12-5-3-6-13(9-12)16-10-14-7-4-8-15-14/h3,5-6,9,11,14H,4,7-8,10H2,1-2H3. The lowest BCUT2D eigenvalue weighted by Crippen LogP contribution is -2.16. The topological polar surface area (TPSA) is 18.5 Å². The maximum atomic E-state index is 5.76. The summed E-state index contributed by atoms with van der Waals surface area (Å²) in [6, 6.07) is 8.34. The van der Waals surface area contributed by atoms with Crippen molar-refractivity contribution in [3.05, 3.63) is 29.8 Å². The van der Waals surface area contributed by atoms with E-state index < -0.39 is 0 Å². The summed E-state index contributed by atoms with van der Waals surface area (Å²) in [5.41, 5.74) is 1.32. The molecule has 0 saturated carbocycles. The van der Waals surface area contributed by atoms with Gasteiger partial charge in [0.1, 0.15) is 12.4 Å². The molecule has 0 aliphatic carbocycles. The smallest absolute Gasteiger partial charge is 0.119 e. The van der Waals surface area contributed by atoms with Gasteiger partial charge < -0.3 is 9.47 Å². The van der Waals surface area contributed by atoms with Crippen LogP contribution >= 0.6 is 0 Å². The third-order valence-corrected chi connectivity index (χ3v) is 2.98. The number of hydrogen-bond acceptors (Lipinski definition) is 2. The maximum absolute atomic E-state index is 5.76. The normalized spacial score (nSPS) is 20.3. The Kier molecular flexibility index (Phi) is 3.83. The Morgan fingerprint density at radius 2 is 2.31 bits per heavy atom. The molecule has 1 aliphatic rings. The highest BCUT2D eigenvalue weighted by molar-refractivity contribution is 5.30. The zero-order valence-corrected chi connectivity index (χ0v) is 10.1. The van der Waals surface area contributed by atoms with Crippen LogP contribution in [0.15, 0.2) is 24.3 Å². The van der Waals surface area contributed by atoms with E-state index in [9.17, 15) is 0 Å². The molecule has 2 nitrogen and oxygen atoms in total. The lowest BCUT2D eigenvalue weighted by atomic mass is 10.0. The van der Waals surface area contributed by atoms with E-state index in [-0.39, 0.29) is 0 Å². The Bertz CT molecular complexity index is 327. The second-order valence-corrected chi connectivity index (χ2v) is 4.67. The van der Waals surface area contributed by atoms with Gasteiger partial charge in [0, 0.05) is 6.61 Å². The molecular weight excluding hydrogens is 200 g/mol. The van der Waals surface area contributed by atoms with E-state index in [0.717, 1.165) is 18.8 Å². The Hall–Kier alpha value is -1.02. The quantitative estimate of drug-likeness (QED) is 0.774. The first-order valence-corrected chi connectivity index (χ1v) is 6.10. The van der Waals surface area contributed by atoms with Crippen LogP contribution in [-0.4, -0.2) is 19.3 Å². The molecule has 0 amide bonds. The van der Waals surface area contributed by atoms with Crippen molar-refractivity contribution in [1.29, 1.82) is 0 Å². The number of hydrogen-bond donors (Lipinski definition) is 0. The highest BCUT2D eigenvalue weighted by atomic mass is 16.5. The number of benzene rings is 1. The van der Waals surface area contributed by atoms with Crippen molar-refractivity contribution in [2.45, 2.75) is 38.7 Å². The van der Waals surface area contributed by atoms with Crippen molar-refractivity contribution in [2.75, 3.05) is 13.2 Å². The Morgan fingerprint density at radius 3 is 3.00 bits per heavy atom. The Labute approximate surface area is 97.6 Å². The first-order chi connectivity index (χ1) is 7.75. The molecule has 0 spiro atoms. The first-order valence-electron chi connectivity index (χ1n) is 6.10.